The van der Waals surface area contributed by atoms with Crippen molar-refractivity contribution in [2.24, 2.45) is 0 Å². The standard InChI is InChI=1S/C14H14BrN3O/c1-9-7-10(2)17-14(16-9)18-13(19)8-11-3-5-12(15)6-4-11/h3-7H,8H2,1-2H3,(H,16,17,18,19). The Morgan fingerprint density at radius 2 is 1.74 bits per heavy atom. The number of hydrogen-bond donors (Lipinski definition) is 1. The smallest absolute Gasteiger partial charge is 0.231 e. The molecule has 0 aliphatic rings. The van der Waals surface area contributed by atoms with E-state index >= 15 is 0 Å². The molecule has 1 N–H and O–H groups in total. The molecule has 4 nitrogen and oxygen atoms in total. The third-order valence-corrected chi connectivity index (χ3v) is 3.04. The van der Waals surface area contributed by atoms with Crippen molar-refractivity contribution < 1.29 is 4.79 Å². The lowest BCUT2D eigenvalue weighted by atomic mass is 10.1. The van der Waals surface area contributed by atoms with Crippen LogP contribution in [0.1, 0.15) is 17.0 Å². The minimum absolute atomic E-state index is 0.118. The number of aromatic nitrogens is 2. The first-order chi connectivity index (χ1) is 9.02. The Balaban J connectivity index is 2.03. The number of nitrogens with zero attached hydrogens (tertiary/aromatic N) is 2. The Hall–Kier alpha value is -1.75. The Morgan fingerprint density at radius 3 is 2.32 bits per heavy atom. The number of nitrogens with one attached hydrogen (secondary N) is 1. The van der Waals surface area contributed by atoms with Crippen LogP contribution in [-0.2, 0) is 11.2 Å². The van der Waals surface area contributed by atoms with Gasteiger partial charge in [-0.05, 0) is 37.6 Å². The van der Waals surface area contributed by atoms with Gasteiger partial charge in [0, 0.05) is 15.9 Å². The molecule has 0 aliphatic heterocycles. The van der Waals surface area contributed by atoms with Crippen LogP contribution in [0.5, 0.6) is 0 Å². The summed E-state index contributed by atoms with van der Waals surface area (Å²) in [6, 6.07) is 9.51. The molecule has 0 saturated carbocycles. The van der Waals surface area contributed by atoms with Gasteiger partial charge in [-0.3, -0.25) is 10.1 Å². The molecule has 1 aromatic heterocycles. The molecule has 1 heterocycles. The van der Waals surface area contributed by atoms with Crippen molar-refractivity contribution in [3.8, 4) is 0 Å². The summed E-state index contributed by atoms with van der Waals surface area (Å²) in [6.45, 7) is 3.75. The van der Waals surface area contributed by atoms with E-state index in [2.05, 4.69) is 31.2 Å². The minimum atomic E-state index is -0.118. The second kappa shape index (κ2) is 5.93. The number of halogens is 1. The van der Waals surface area contributed by atoms with Gasteiger partial charge in [0.2, 0.25) is 11.9 Å². The number of carbonyl (C=O) groups is 1. The van der Waals surface area contributed by atoms with Crippen molar-refractivity contribution >= 4 is 27.8 Å². The number of carbonyl (C=O) groups excluding carboxylic acids is 1. The fourth-order valence-electron chi connectivity index (χ4n) is 1.74. The molecule has 1 amide bonds. The third kappa shape index (κ3) is 4.13. The zero-order valence-corrected chi connectivity index (χ0v) is 12.4. The zero-order chi connectivity index (χ0) is 13.8. The molecule has 2 aromatic rings. The van der Waals surface area contributed by atoms with E-state index < -0.39 is 0 Å². The largest absolute Gasteiger partial charge is 0.294 e. The monoisotopic (exact) mass is 319 g/mol. The fourth-order valence-corrected chi connectivity index (χ4v) is 2.00. The summed E-state index contributed by atoms with van der Waals surface area (Å²) in [7, 11) is 0. The molecule has 19 heavy (non-hydrogen) atoms. The van der Waals surface area contributed by atoms with Crippen LogP contribution >= 0.6 is 15.9 Å². The summed E-state index contributed by atoms with van der Waals surface area (Å²) in [5, 5.41) is 2.71. The van der Waals surface area contributed by atoms with Crippen LogP contribution in [0.4, 0.5) is 5.95 Å². The zero-order valence-electron chi connectivity index (χ0n) is 10.8. The maximum Gasteiger partial charge on any atom is 0.231 e. The molecule has 0 saturated heterocycles. The lowest BCUT2D eigenvalue weighted by molar-refractivity contribution is -0.115. The van der Waals surface area contributed by atoms with Gasteiger partial charge in [-0.25, -0.2) is 9.97 Å². The fraction of sp³-hybridized carbons (Fsp3) is 0.214. The second-order valence-corrected chi connectivity index (χ2v) is 5.24. The molecule has 0 fully saturated rings. The third-order valence-electron chi connectivity index (χ3n) is 2.51. The van der Waals surface area contributed by atoms with Crippen molar-refractivity contribution in [1.82, 2.24) is 9.97 Å². The van der Waals surface area contributed by atoms with Crippen LogP contribution in [0.3, 0.4) is 0 Å². The first kappa shape index (κ1) is 13.7. The summed E-state index contributed by atoms with van der Waals surface area (Å²) in [5.41, 5.74) is 2.63. The predicted molar refractivity (Wildman–Crippen MR) is 78.0 cm³/mol. The predicted octanol–water partition coefficient (Wildman–Crippen LogP) is 3.04. The van der Waals surface area contributed by atoms with Crippen LogP contribution in [0, 0.1) is 13.8 Å². The highest BCUT2D eigenvalue weighted by Crippen LogP contribution is 2.11. The summed E-state index contributed by atoms with van der Waals surface area (Å²) in [5.74, 6) is 0.243. The molecule has 0 aliphatic carbocycles. The molecular weight excluding hydrogens is 306 g/mol. The molecule has 98 valence electrons. The summed E-state index contributed by atoms with van der Waals surface area (Å²) >= 11 is 3.36. The van der Waals surface area contributed by atoms with E-state index in [1.165, 1.54) is 0 Å². The van der Waals surface area contributed by atoms with Gasteiger partial charge in [-0.15, -0.1) is 0 Å². The van der Waals surface area contributed by atoms with Gasteiger partial charge in [0.1, 0.15) is 0 Å². The van der Waals surface area contributed by atoms with Crippen LogP contribution in [0.15, 0.2) is 34.8 Å². The van der Waals surface area contributed by atoms with E-state index in [-0.39, 0.29) is 5.91 Å². The van der Waals surface area contributed by atoms with Gasteiger partial charge in [-0.2, -0.15) is 0 Å². The molecular formula is C14H14BrN3O. The van der Waals surface area contributed by atoms with Crippen molar-refractivity contribution in [1.29, 1.82) is 0 Å². The van der Waals surface area contributed by atoms with E-state index in [0.29, 0.717) is 12.4 Å². The second-order valence-electron chi connectivity index (χ2n) is 4.33. The van der Waals surface area contributed by atoms with Crippen molar-refractivity contribution in [2.45, 2.75) is 20.3 Å². The Bertz CT molecular complexity index is 576. The van der Waals surface area contributed by atoms with Crippen LogP contribution < -0.4 is 5.32 Å². The molecule has 0 atom stereocenters. The number of aryl methyl sites for hydroxylation is 2. The Labute approximate surface area is 120 Å². The first-order valence-electron chi connectivity index (χ1n) is 5.89. The Kier molecular flexibility index (Phi) is 4.27. The average Bonchev–Trinajstić information content (AvgIpc) is 2.30. The number of hydrogen-bond acceptors (Lipinski definition) is 3. The molecule has 1 aromatic carbocycles. The van der Waals surface area contributed by atoms with Crippen LogP contribution in [-0.4, -0.2) is 15.9 Å². The molecule has 5 heteroatoms. The number of anilines is 1. The molecule has 0 bridgehead atoms. The van der Waals surface area contributed by atoms with Gasteiger partial charge in [0.25, 0.3) is 0 Å². The highest BCUT2D eigenvalue weighted by Gasteiger charge is 2.06. The maximum atomic E-state index is 11.9. The van der Waals surface area contributed by atoms with E-state index in [0.717, 1.165) is 21.4 Å². The van der Waals surface area contributed by atoms with Crippen LogP contribution in [0.25, 0.3) is 0 Å². The molecule has 0 spiro atoms. The van der Waals surface area contributed by atoms with E-state index in [1.807, 2.05) is 44.2 Å². The number of amides is 1. The van der Waals surface area contributed by atoms with Gasteiger partial charge in [0.15, 0.2) is 0 Å². The quantitative estimate of drug-likeness (QED) is 0.946. The van der Waals surface area contributed by atoms with Gasteiger partial charge in [-0.1, -0.05) is 28.1 Å². The highest BCUT2D eigenvalue weighted by molar-refractivity contribution is 9.10. The maximum absolute atomic E-state index is 11.9. The summed E-state index contributed by atoms with van der Waals surface area (Å²) in [4.78, 5) is 20.2. The van der Waals surface area contributed by atoms with Gasteiger partial charge >= 0.3 is 0 Å². The SMILES string of the molecule is Cc1cc(C)nc(NC(=O)Cc2ccc(Br)cc2)n1. The highest BCUT2D eigenvalue weighted by atomic mass is 79.9. The van der Waals surface area contributed by atoms with Crippen molar-refractivity contribution in [2.75, 3.05) is 5.32 Å². The van der Waals surface area contributed by atoms with E-state index in [4.69, 9.17) is 0 Å². The number of benzene rings is 1. The van der Waals surface area contributed by atoms with E-state index in [9.17, 15) is 4.79 Å². The topological polar surface area (TPSA) is 54.9 Å². The van der Waals surface area contributed by atoms with Gasteiger partial charge < -0.3 is 0 Å². The number of rotatable bonds is 3. The molecule has 0 radical (unpaired) electrons. The van der Waals surface area contributed by atoms with Crippen molar-refractivity contribution in [3.63, 3.8) is 0 Å². The Morgan fingerprint density at radius 1 is 1.16 bits per heavy atom. The van der Waals surface area contributed by atoms with Crippen LogP contribution in [0.2, 0.25) is 0 Å². The van der Waals surface area contributed by atoms with Crippen molar-refractivity contribution in [3.05, 3.63) is 51.8 Å². The molecule has 2 rings (SSSR count). The van der Waals surface area contributed by atoms with E-state index in [1.54, 1.807) is 0 Å². The first-order valence-corrected chi connectivity index (χ1v) is 6.69. The summed E-state index contributed by atoms with van der Waals surface area (Å²) in [6.07, 6.45) is 0.309. The molecule has 0 unspecified atom stereocenters. The normalized spacial score (nSPS) is 10.3. The average molecular weight is 320 g/mol. The lowest BCUT2D eigenvalue weighted by Gasteiger charge is -2.05. The lowest BCUT2D eigenvalue weighted by Crippen LogP contribution is -2.17. The summed E-state index contributed by atoms with van der Waals surface area (Å²) < 4.78 is 0.995. The van der Waals surface area contributed by atoms with Gasteiger partial charge in [0.05, 0.1) is 6.42 Å². The minimum Gasteiger partial charge on any atom is -0.294 e.